The molecule has 2 aliphatic heterocycles. The maximum atomic E-state index is 10.9. The van der Waals surface area contributed by atoms with Gasteiger partial charge in [-0.15, -0.1) is 0 Å². The molecule has 0 aromatic carbocycles. The molecule has 0 amide bonds. The first-order valence-corrected chi connectivity index (χ1v) is 8.67. The van der Waals surface area contributed by atoms with E-state index in [0.29, 0.717) is 12.0 Å². The van der Waals surface area contributed by atoms with Gasteiger partial charge in [0.05, 0.1) is 12.1 Å². The molecule has 3 heterocycles. The molecule has 4 rings (SSSR count). The monoisotopic (exact) mass is 316 g/mol. The van der Waals surface area contributed by atoms with Crippen molar-refractivity contribution in [2.24, 2.45) is 5.92 Å². The number of nitrogens with zero attached hydrogens (tertiary/aromatic N) is 4. The smallest absolute Gasteiger partial charge is 0.303 e. The first kappa shape index (κ1) is 14.7. The van der Waals surface area contributed by atoms with Crippen LogP contribution in [0.2, 0.25) is 0 Å². The van der Waals surface area contributed by atoms with Crippen LogP contribution in [0.1, 0.15) is 50.3 Å². The highest BCUT2D eigenvalue weighted by atomic mass is 16.4. The summed E-state index contributed by atoms with van der Waals surface area (Å²) in [6, 6.07) is 0.522. The second kappa shape index (κ2) is 5.35. The zero-order chi connectivity index (χ0) is 16.1. The Kier molecular flexibility index (Phi) is 3.43. The van der Waals surface area contributed by atoms with E-state index in [-0.39, 0.29) is 12.3 Å². The summed E-state index contributed by atoms with van der Waals surface area (Å²) in [7, 11) is 0. The second-order valence-corrected chi connectivity index (χ2v) is 7.35. The number of hydrogen-bond acceptors (Lipinski definition) is 5. The van der Waals surface area contributed by atoms with Crippen molar-refractivity contribution in [2.45, 2.75) is 51.5 Å². The van der Waals surface area contributed by atoms with E-state index in [4.69, 9.17) is 15.1 Å². The van der Waals surface area contributed by atoms with Gasteiger partial charge in [0.15, 0.2) is 0 Å². The van der Waals surface area contributed by atoms with Crippen molar-refractivity contribution in [3.05, 3.63) is 11.3 Å². The second-order valence-electron chi connectivity index (χ2n) is 7.35. The van der Waals surface area contributed by atoms with Crippen LogP contribution < -0.4 is 9.80 Å². The van der Waals surface area contributed by atoms with Gasteiger partial charge in [-0.2, -0.15) is 4.98 Å². The van der Waals surface area contributed by atoms with Crippen molar-refractivity contribution in [3.63, 3.8) is 0 Å². The Morgan fingerprint density at radius 3 is 2.65 bits per heavy atom. The molecule has 2 fully saturated rings. The van der Waals surface area contributed by atoms with Crippen molar-refractivity contribution in [1.29, 1.82) is 0 Å². The first-order chi connectivity index (χ1) is 11.0. The van der Waals surface area contributed by atoms with Crippen LogP contribution in [0.25, 0.3) is 0 Å². The Hall–Kier alpha value is -1.85. The molecule has 2 saturated heterocycles. The molecule has 1 N–H and O–H groups in total. The van der Waals surface area contributed by atoms with Crippen LogP contribution in [0.4, 0.5) is 11.8 Å². The highest BCUT2D eigenvalue weighted by Gasteiger charge is 2.36. The Labute approximate surface area is 136 Å². The Balaban J connectivity index is 1.61. The third-order valence-corrected chi connectivity index (χ3v) is 5.60. The van der Waals surface area contributed by atoms with Gasteiger partial charge in [-0.3, -0.25) is 4.79 Å². The van der Waals surface area contributed by atoms with E-state index in [2.05, 4.69) is 23.6 Å². The lowest BCUT2D eigenvalue weighted by Gasteiger charge is -2.42. The lowest BCUT2D eigenvalue weighted by molar-refractivity contribution is -0.138. The van der Waals surface area contributed by atoms with E-state index in [1.54, 1.807) is 0 Å². The normalized spacial score (nSPS) is 26.7. The Bertz CT molecular complexity index is 642. The number of hydrogen-bond donors (Lipinski definition) is 1. The van der Waals surface area contributed by atoms with E-state index in [9.17, 15) is 4.79 Å². The molecule has 1 aromatic heterocycles. The van der Waals surface area contributed by atoms with Crippen molar-refractivity contribution >= 4 is 17.7 Å². The summed E-state index contributed by atoms with van der Waals surface area (Å²) >= 11 is 0. The van der Waals surface area contributed by atoms with Crippen molar-refractivity contribution in [3.8, 4) is 0 Å². The average Bonchev–Trinajstić information content (AvgIpc) is 2.82. The standard InChI is InChI=1S/C17H24N4O2/c1-10-3-4-13-15(10)18-17(21-6-5-11(21)2)19-16(13)20-8-12(9-20)7-14(22)23/h10-12H,3-9H2,1-2H3,(H,22,23). The lowest BCUT2D eigenvalue weighted by Crippen LogP contribution is -2.50. The largest absolute Gasteiger partial charge is 0.481 e. The minimum atomic E-state index is -0.703. The maximum absolute atomic E-state index is 10.9. The third-order valence-electron chi connectivity index (χ3n) is 5.60. The van der Waals surface area contributed by atoms with E-state index < -0.39 is 5.97 Å². The van der Waals surface area contributed by atoms with E-state index in [0.717, 1.165) is 44.2 Å². The predicted molar refractivity (Wildman–Crippen MR) is 88.1 cm³/mol. The first-order valence-electron chi connectivity index (χ1n) is 8.67. The molecule has 6 heteroatoms. The average molecular weight is 316 g/mol. The molecule has 0 bridgehead atoms. The molecule has 124 valence electrons. The van der Waals surface area contributed by atoms with Gasteiger partial charge in [-0.05, 0) is 32.1 Å². The van der Waals surface area contributed by atoms with Gasteiger partial charge >= 0.3 is 5.97 Å². The number of anilines is 2. The molecular formula is C17H24N4O2. The fourth-order valence-electron chi connectivity index (χ4n) is 3.94. The van der Waals surface area contributed by atoms with E-state index >= 15 is 0 Å². The lowest BCUT2D eigenvalue weighted by atomic mass is 9.95. The Morgan fingerprint density at radius 2 is 2.04 bits per heavy atom. The van der Waals surface area contributed by atoms with Gasteiger partial charge in [-0.1, -0.05) is 6.92 Å². The van der Waals surface area contributed by atoms with Crippen LogP contribution in [-0.2, 0) is 11.2 Å². The number of carboxylic acids is 1. The van der Waals surface area contributed by atoms with E-state index in [1.807, 2.05) is 0 Å². The fraction of sp³-hybridized carbons (Fsp3) is 0.706. The fourth-order valence-corrected chi connectivity index (χ4v) is 3.94. The molecule has 1 aromatic rings. The number of rotatable bonds is 4. The van der Waals surface area contributed by atoms with Crippen LogP contribution in [0.5, 0.6) is 0 Å². The number of fused-ring (bicyclic) bond motifs is 1. The molecule has 1 aliphatic carbocycles. The Morgan fingerprint density at radius 1 is 1.26 bits per heavy atom. The number of aliphatic carboxylic acids is 1. The van der Waals surface area contributed by atoms with Crippen LogP contribution in [0.15, 0.2) is 0 Å². The van der Waals surface area contributed by atoms with Gasteiger partial charge in [0.25, 0.3) is 0 Å². The highest BCUT2D eigenvalue weighted by Crippen LogP contribution is 2.40. The van der Waals surface area contributed by atoms with Gasteiger partial charge < -0.3 is 14.9 Å². The van der Waals surface area contributed by atoms with Gasteiger partial charge in [-0.25, -0.2) is 4.98 Å². The molecule has 2 atom stereocenters. The predicted octanol–water partition coefficient (Wildman–Crippen LogP) is 2.04. The zero-order valence-corrected chi connectivity index (χ0v) is 13.8. The van der Waals surface area contributed by atoms with Crippen LogP contribution in [0, 0.1) is 5.92 Å². The summed E-state index contributed by atoms with van der Waals surface area (Å²) < 4.78 is 0. The molecule has 2 unspecified atom stereocenters. The van der Waals surface area contributed by atoms with E-state index in [1.165, 1.54) is 17.7 Å². The van der Waals surface area contributed by atoms with Gasteiger partial charge in [0, 0.05) is 37.2 Å². The molecule has 0 spiro atoms. The molecule has 6 nitrogen and oxygen atoms in total. The van der Waals surface area contributed by atoms with Crippen molar-refractivity contribution in [2.75, 3.05) is 29.4 Å². The topological polar surface area (TPSA) is 69.6 Å². The molecule has 0 saturated carbocycles. The SMILES string of the molecule is CC1CCc2c1nc(N1CCC1C)nc2N1CC(CC(=O)O)C1. The van der Waals surface area contributed by atoms with Gasteiger partial charge in [0.2, 0.25) is 5.95 Å². The summed E-state index contributed by atoms with van der Waals surface area (Å²) in [5, 5.41) is 8.93. The minimum absolute atomic E-state index is 0.253. The number of aromatic nitrogens is 2. The van der Waals surface area contributed by atoms with Crippen molar-refractivity contribution in [1.82, 2.24) is 9.97 Å². The van der Waals surface area contributed by atoms with Crippen LogP contribution in [-0.4, -0.2) is 46.7 Å². The van der Waals surface area contributed by atoms with Gasteiger partial charge in [0.1, 0.15) is 5.82 Å². The third kappa shape index (κ3) is 2.44. The van der Waals surface area contributed by atoms with Crippen molar-refractivity contribution < 1.29 is 9.90 Å². The molecule has 23 heavy (non-hydrogen) atoms. The maximum Gasteiger partial charge on any atom is 0.303 e. The summed E-state index contributed by atoms with van der Waals surface area (Å²) in [6.45, 7) is 7.11. The summed E-state index contributed by atoms with van der Waals surface area (Å²) in [5.74, 6) is 1.98. The van der Waals surface area contributed by atoms with Crippen LogP contribution >= 0.6 is 0 Å². The minimum Gasteiger partial charge on any atom is -0.481 e. The quantitative estimate of drug-likeness (QED) is 0.916. The molecular weight excluding hydrogens is 292 g/mol. The number of carboxylic acid groups (broad SMARTS) is 1. The number of carbonyl (C=O) groups is 1. The summed E-state index contributed by atoms with van der Waals surface area (Å²) in [5.41, 5.74) is 2.51. The highest BCUT2D eigenvalue weighted by molar-refractivity contribution is 5.68. The molecule has 3 aliphatic rings. The summed E-state index contributed by atoms with van der Waals surface area (Å²) in [6.07, 6.45) is 3.65. The summed E-state index contributed by atoms with van der Waals surface area (Å²) in [4.78, 5) is 25.1. The zero-order valence-electron chi connectivity index (χ0n) is 13.8. The van der Waals surface area contributed by atoms with Crippen LogP contribution in [0.3, 0.4) is 0 Å². The molecule has 0 radical (unpaired) electrons.